The summed E-state index contributed by atoms with van der Waals surface area (Å²) in [6, 6.07) is 9.47. The average Bonchev–Trinajstić information content (AvgIpc) is 2.35. The van der Waals surface area contributed by atoms with Crippen LogP contribution in [0, 0.1) is 0 Å². The summed E-state index contributed by atoms with van der Waals surface area (Å²) in [7, 11) is 0. The van der Waals surface area contributed by atoms with Crippen molar-refractivity contribution in [2.75, 3.05) is 6.54 Å². The van der Waals surface area contributed by atoms with Crippen molar-refractivity contribution in [3.8, 4) is 0 Å². The van der Waals surface area contributed by atoms with Gasteiger partial charge in [0.1, 0.15) is 0 Å². The second-order valence-electron chi connectivity index (χ2n) is 3.46. The molecule has 0 fully saturated rings. The van der Waals surface area contributed by atoms with Gasteiger partial charge >= 0.3 is 6.09 Å². The number of nitrogens with two attached hydrogens (primary N) is 1. The van der Waals surface area contributed by atoms with Crippen LogP contribution in [0.2, 0.25) is 0 Å². The number of aliphatic imine (C=N–C) groups is 1. The maximum Gasteiger partial charge on any atom is 0.415 e. The van der Waals surface area contributed by atoms with E-state index in [1.165, 1.54) is 0 Å². The van der Waals surface area contributed by atoms with E-state index in [-0.39, 0.29) is 6.02 Å². The van der Waals surface area contributed by atoms with Gasteiger partial charge in [-0.25, -0.2) is 9.79 Å². The number of hydrogen-bond donors (Lipinski definition) is 2. The topological polar surface area (TPSA) is 76.7 Å². The summed E-state index contributed by atoms with van der Waals surface area (Å²) < 4.78 is 4.75. The lowest BCUT2D eigenvalue weighted by atomic mass is 10.2. The van der Waals surface area contributed by atoms with Crippen LogP contribution in [0.1, 0.15) is 18.9 Å². The number of carbonyl (C=O) groups excluding carboxylic acids is 1. The van der Waals surface area contributed by atoms with E-state index in [0.717, 1.165) is 12.0 Å². The van der Waals surface area contributed by atoms with Crippen LogP contribution in [0.5, 0.6) is 0 Å². The van der Waals surface area contributed by atoms with Crippen LogP contribution in [0.3, 0.4) is 0 Å². The molecule has 1 rings (SSSR count). The molecule has 0 aliphatic rings. The van der Waals surface area contributed by atoms with Crippen molar-refractivity contribution in [3.05, 3.63) is 35.9 Å². The average molecular weight is 235 g/mol. The monoisotopic (exact) mass is 235 g/mol. The van der Waals surface area contributed by atoms with Gasteiger partial charge in [-0.15, -0.1) is 0 Å². The van der Waals surface area contributed by atoms with Gasteiger partial charge in [0.05, 0.1) is 6.54 Å². The molecule has 0 saturated carbocycles. The third-order valence-electron chi connectivity index (χ3n) is 1.98. The first-order chi connectivity index (χ1) is 8.22. The van der Waals surface area contributed by atoms with Crippen LogP contribution in [-0.2, 0) is 11.3 Å². The van der Waals surface area contributed by atoms with E-state index in [4.69, 9.17) is 10.5 Å². The van der Waals surface area contributed by atoms with Gasteiger partial charge in [0, 0.05) is 6.54 Å². The maximum atomic E-state index is 11.1. The van der Waals surface area contributed by atoms with Crippen molar-refractivity contribution in [1.29, 1.82) is 0 Å². The number of amides is 1. The van der Waals surface area contributed by atoms with Crippen LogP contribution in [0.25, 0.3) is 0 Å². The smallest absolute Gasteiger partial charge is 0.376 e. The quantitative estimate of drug-likeness (QED) is 0.615. The number of alkyl carbamates (subject to hydrolysis) is 1. The molecule has 5 nitrogen and oxygen atoms in total. The highest BCUT2D eigenvalue weighted by Gasteiger charge is 2.03. The summed E-state index contributed by atoms with van der Waals surface area (Å²) in [6.07, 6.45) is 0.275. The Morgan fingerprint density at radius 3 is 2.76 bits per heavy atom. The molecule has 92 valence electrons. The van der Waals surface area contributed by atoms with Crippen molar-refractivity contribution in [1.82, 2.24) is 5.32 Å². The van der Waals surface area contributed by atoms with Gasteiger partial charge in [-0.2, -0.15) is 0 Å². The second-order valence-corrected chi connectivity index (χ2v) is 3.46. The van der Waals surface area contributed by atoms with Crippen LogP contribution in [-0.4, -0.2) is 18.7 Å². The second kappa shape index (κ2) is 7.27. The molecule has 1 aromatic rings. The van der Waals surface area contributed by atoms with Crippen LogP contribution in [0.15, 0.2) is 35.3 Å². The Kier molecular flexibility index (Phi) is 5.57. The third-order valence-corrected chi connectivity index (χ3v) is 1.98. The zero-order valence-electron chi connectivity index (χ0n) is 9.85. The Hall–Kier alpha value is -2.04. The van der Waals surface area contributed by atoms with Crippen LogP contribution >= 0.6 is 0 Å². The van der Waals surface area contributed by atoms with E-state index in [0.29, 0.717) is 13.1 Å². The highest BCUT2D eigenvalue weighted by Crippen LogP contribution is 1.99. The van der Waals surface area contributed by atoms with Gasteiger partial charge in [0.25, 0.3) is 6.02 Å². The van der Waals surface area contributed by atoms with E-state index in [1.54, 1.807) is 0 Å². The summed E-state index contributed by atoms with van der Waals surface area (Å²) in [5.74, 6) is 0. The molecule has 0 spiro atoms. The van der Waals surface area contributed by atoms with Crippen molar-refractivity contribution in [2.24, 2.45) is 10.7 Å². The largest absolute Gasteiger partial charge is 0.415 e. The fourth-order valence-corrected chi connectivity index (χ4v) is 1.14. The summed E-state index contributed by atoms with van der Waals surface area (Å²) in [5.41, 5.74) is 6.47. The fraction of sp³-hybridized carbons (Fsp3) is 0.333. The van der Waals surface area contributed by atoms with Crippen molar-refractivity contribution in [3.63, 3.8) is 0 Å². The zero-order valence-corrected chi connectivity index (χ0v) is 9.85. The summed E-state index contributed by atoms with van der Waals surface area (Å²) in [4.78, 5) is 15.1. The Morgan fingerprint density at radius 1 is 1.41 bits per heavy atom. The number of amidine groups is 1. The lowest BCUT2D eigenvalue weighted by Gasteiger charge is -2.04. The molecule has 17 heavy (non-hydrogen) atoms. The summed E-state index contributed by atoms with van der Waals surface area (Å²) >= 11 is 0. The first-order valence-electron chi connectivity index (χ1n) is 5.52. The number of rotatable bonds is 4. The van der Waals surface area contributed by atoms with Crippen LogP contribution in [0.4, 0.5) is 4.79 Å². The molecule has 5 heteroatoms. The maximum absolute atomic E-state index is 11.1. The molecular formula is C12H17N3O2. The highest BCUT2D eigenvalue weighted by molar-refractivity contribution is 5.85. The van der Waals surface area contributed by atoms with Crippen LogP contribution < -0.4 is 11.1 Å². The first kappa shape index (κ1) is 13.0. The molecule has 0 heterocycles. The first-order valence-corrected chi connectivity index (χ1v) is 5.52. The standard InChI is InChI=1S/C12H17N3O2/c1-2-8-14-12(16)17-11(13)15-9-10-6-4-3-5-7-10/h3-7H,2,8-9H2,1H3,(H2,13,15)(H,14,16). The molecule has 3 N–H and O–H groups in total. The zero-order chi connectivity index (χ0) is 12.5. The lowest BCUT2D eigenvalue weighted by Crippen LogP contribution is -2.30. The lowest BCUT2D eigenvalue weighted by molar-refractivity contribution is 0.196. The molecular weight excluding hydrogens is 218 g/mol. The third kappa shape index (κ3) is 5.55. The Balaban J connectivity index is 2.37. The number of nitrogens with zero attached hydrogens (tertiary/aromatic N) is 1. The summed E-state index contributed by atoms with van der Waals surface area (Å²) in [5, 5.41) is 2.54. The number of nitrogens with one attached hydrogen (secondary N) is 1. The molecule has 0 aromatic heterocycles. The molecule has 0 aliphatic carbocycles. The fourth-order valence-electron chi connectivity index (χ4n) is 1.14. The highest BCUT2D eigenvalue weighted by atomic mass is 16.6. The molecule has 0 bridgehead atoms. The van der Waals surface area contributed by atoms with Crippen molar-refractivity contribution < 1.29 is 9.53 Å². The molecule has 1 aromatic carbocycles. The van der Waals surface area contributed by atoms with Crippen molar-refractivity contribution >= 4 is 12.1 Å². The number of ether oxygens (including phenoxy) is 1. The molecule has 1 amide bonds. The minimum absolute atomic E-state index is 0.123. The van der Waals surface area contributed by atoms with Gasteiger partial charge in [-0.3, -0.25) is 0 Å². The van der Waals surface area contributed by atoms with Gasteiger partial charge in [0.15, 0.2) is 0 Å². The Morgan fingerprint density at radius 2 is 2.12 bits per heavy atom. The molecule has 0 aliphatic heterocycles. The number of hydrogen-bond acceptors (Lipinski definition) is 3. The molecule has 0 atom stereocenters. The van der Waals surface area contributed by atoms with Crippen molar-refractivity contribution in [2.45, 2.75) is 19.9 Å². The van der Waals surface area contributed by atoms with E-state index in [1.807, 2.05) is 37.3 Å². The van der Waals surface area contributed by atoms with E-state index < -0.39 is 6.09 Å². The normalized spacial score (nSPS) is 11.0. The Labute approximate surface area is 101 Å². The minimum Gasteiger partial charge on any atom is -0.376 e. The van der Waals surface area contributed by atoms with E-state index in [2.05, 4.69) is 10.3 Å². The Bertz CT molecular complexity index is 377. The number of carbonyl (C=O) groups is 1. The number of benzene rings is 1. The molecule has 0 unspecified atom stereocenters. The molecule has 0 radical (unpaired) electrons. The van der Waals surface area contributed by atoms with E-state index >= 15 is 0 Å². The van der Waals surface area contributed by atoms with Gasteiger partial charge in [-0.1, -0.05) is 37.3 Å². The van der Waals surface area contributed by atoms with Gasteiger partial charge in [-0.05, 0) is 12.0 Å². The minimum atomic E-state index is -0.568. The predicted octanol–water partition coefficient (Wildman–Crippen LogP) is 1.64. The predicted molar refractivity (Wildman–Crippen MR) is 66.5 cm³/mol. The summed E-state index contributed by atoms with van der Waals surface area (Å²) in [6.45, 7) is 2.91. The van der Waals surface area contributed by atoms with Gasteiger partial charge < -0.3 is 15.8 Å². The SMILES string of the molecule is CCCNC(=O)OC(N)=NCc1ccccc1. The van der Waals surface area contributed by atoms with Gasteiger partial charge in [0.2, 0.25) is 0 Å². The molecule has 0 saturated heterocycles. The van der Waals surface area contributed by atoms with E-state index in [9.17, 15) is 4.79 Å².